The minimum Gasteiger partial charge on any atom is -0.354 e. The highest BCUT2D eigenvalue weighted by molar-refractivity contribution is 7.90. The Labute approximate surface area is 132 Å². The lowest BCUT2D eigenvalue weighted by Crippen LogP contribution is -2.12. The van der Waals surface area contributed by atoms with Gasteiger partial charge in [-0.15, -0.1) is 0 Å². The molecule has 0 atom stereocenters. The van der Waals surface area contributed by atoms with Gasteiger partial charge in [-0.1, -0.05) is 12.1 Å². The molecule has 2 N–H and O–H groups in total. The molecule has 0 bridgehead atoms. The van der Waals surface area contributed by atoms with Crippen LogP contribution in [0.4, 0.5) is 11.4 Å². The molecule has 0 fully saturated rings. The number of aromatic nitrogens is 3. The maximum atomic E-state index is 12.3. The van der Waals surface area contributed by atoms with Crippen molar-refractivity contribution in [2.75, 3.05) is 11.6 Å². The first-order valence-corrected chi connectivity index (χ1v) is 8.79. The zero-order valence-electron chi connectivity index (χ0n) is 12.9. The van der Waals surface area contributed by atoms with Gasteiger partial charge in [0.25, 0.3) is 5.56 Å². The second kappa shape index (κ2) is 5.24. The zero-order chi connectivity index (χ0) is 16.8. The molecule has 2 aromatic heterocycles. The number of anilines is 2. The van der Waals surface area contributed by atoms with Crippen LogP contribution in [0, 0.1) is 6.92 Å². The molecule has 7 nitrogen and oxygen atoms in total. The van der Waals surface area contributed by atoms with E-state index in [0.717, 1.165) is 6.26 Å². The van der Waals surface area contributed by atoms with Crippen molar-refractivity contribution >= 4 is 32.2 Å². The number of hydrogen-bond donors (Lipinski definition) is 2. The lowest BCUT2D eigenvalue weighted by Gasteiger charge is -2.11. The van der Waals surface area contributed by atoms with Crippen LogP contribution in [0.1, 0.15) is 5.69 Å². The number of H-pyrrole nitrogens is 1. The van der Waals surface area contributed by atoms with Gasteiger partial charge < -0.3 is 5.32 Å². The topological polar surface area (TPSA) is 96.9 Å². The van der Waals surface area contributed by atoms with E-state index in [1.165, 1.54) is 10.7 Å². The number of aryl methyl sites for hydroxylation is 2. The average Bonchev–Trinajstić information content (AvgIpc) is 2.73. The lowest BCUT2D eigenvalue weighted by atomic mass is 10.2. The third kappa shape index (κ3) is 2.72. The molecule has 0 radical (unpaired) electrons. The Kier molecular flexibility index (Phi) is 3.48. The van der Waals surface area contributed by atoms with E-state index < -0.39 is 9.84 Å². The predicted molar refractivity (Wildman–Crippen MR) is 88.9 cm³/mol. The third-order valence-electron chi connectivity index (χ3n) is 3.50. The predicted octanol–water partition coefficient (Wildman–Crippen LogP) is 1.72. The number of sulfone groups is 1. The van der Waals surface area contributed by atoms with Gasteiger partial charge >= 0.3 is 0 Å². The molecule has 0 saturated carbocycles. The Bertz CT molecular complexity index is 1060. The Hall–Kier alpha value is -2.61. The van der Waals surface area contributed by atoms with Crippen LogP contribution >= 0.6 is 0 Å². The van der Waals surface area contributed by atoms with Gasteiger partial charge in [0.15, 0.2) is 15.5 Å². The molecule has 0 amide bonds. The van der Waals surface area contributed by atoms with Crippen molar-refractivity contribution in [3.05, 3.63) is 46.4 Å². The Morgan fingerprint density at radius 1 is 1.22 bits per heavy atom. The van der Waals surface area contributed by atoms with Gasteiger partial charge in [0.05, 0.1) is 16.3 Å². The standard InChI is InChI=1S/C15H16N4O3S/c1-9-8-11(13-14(16-9)18-19(2)15(13)20)17-10-6-4-5-7-12(10)23(3,21)22/h4-8H,1-3H3,(H2,16,17,18). The molecule has 3 aromatic rings. The molecule has 0 spiro atoms. The van der Waals surface area contributed by atoms with E-state index >= 15 is 0 Å². The van der Waals surface area contributed by atoms with Crippen LogP contribution in [0.15, 0.2) is 40.0 Å². The second-order valence-corrected chi connectivity index (χ2v) is 7.39. The largest absolute Gasteiger partial charge is 0.354 e. The first-order chi connectivity index (χ1) is 10.8. The van der Waals surface area contributed by atoms with Gasteiger partial charge in [-0.2, -0.15) is 0 Å². The average molecular weight is 332 g/mol. The smallest absolute Gasteiger partial charge is 0.277 e. The number of nitrogens with one attached hydrogen (secondary N) is 2. The lowest BCUT2D eigenvalue weighted by molar-refractivity contribution is 0.602. The molecule has 0 aliphatic rings. The molecule has 2 heterocycles. The summed E-state index contributed by atoms with van der Waals surface area (Å²) in [5.74, 6) is 0. The molecule has 0 aliphatic heterocycles. The van der Waals surface area contributed by atoms with Crippen LogP contribution in [0.5, 0.6) is 0 Å². The van der Waals surface area contributed by atoms with Gasteiger partial charge in [-0.3, -0.25) is 14.6 Å². The summed E-state index contributed by atoms with van der Waals surface area (Å²) in [4.78, 5) is 16.7. The number of para-hydroxylation sites is 1. The van der Waals surface area contributed by atoms with Crippen LogP contribution in [0.3, 0.4) is 0 Å². The Morgan fingerprint density at radius 2 is 1.91 bits per heavy atom. The molecule has 0 aliphatic carbocycles. The van der Waals surface area contributed by atoms with Gasteiger partial charge in [-0.25, -0.2) is 13.4 Å². The number of aromatic amines is 1. The Morgan fingerprint density at radius 3 is 2.61 bits per heavy atom. The first-order valence-electron chi connectivity index (χ1n) is 6.90. The van der Waals surface area contributed by atoms with Crippen molar-refractivity contribution < 1.29 is 8.42 Å². The van der Waals surface area contributed by atoms with Crippen LogP contribution < -0.4 is 10.9 Å². The summed E-state index contributed by atoms with van der Waals surface area (Å²) in [6, 6.07) is 8.30. The minimum atomic E-state index is -3.39. The molecule has 0 unspecified atom stereocenters. The van der Waals surface area contributed by atoms with Crippen molar-refractivity contribution in [1.29, 1.82) is 0 Å². The van der Waals surface area contributed by atoms with Crippen LogP contribution in [-0.4, -0.2) is 29.4 Å². The summed E-state index contributed by atoms with van der Waals surface area (Å²) in [6.45, 7) is 1.80. The summed E-state index contributed by atoms with van der Waals surface area (Å²) in [6.07, 6.45) is 1.15. The highest BCUT2D eigenvalue weighted by Crippen LogP contribution is 2.27. The monoisotopic (exact) mass is 332 g/mol. The molecule has 1 aromatic carbocycles. The van der Waals surface area contributed by atoms with Crippen molar-refractivity contribution in [3.8, 4) is 0 Å². The number of rotatable bonds is 3. The summed E-state index contributed by atoms with van der Waals surface area (Å²) in [7, 11) is -1.79. The quantitative estimate of drug-likeness (QED) is 0.761. The van der Waals surface area contributed by atoms with Crippen molar-refractivity contribution in [1.82, 2.24) is 14.8 Å². The molecule has 8 heteroatoms. The summed E-state index contributed by atoms with van der Waals surface area (Å²) >= 11 is 0. The van der Waals surface area contributed by atoms with Gasteiger partial charge in [0, 0.05) is 19.0 Å². The molecular formula is C15H16N4O3S. The van der Waals surface area contributed by atoms with E-state index in [1.807, 2.05) is 0 Å². The van der Waals surface area contributed by atoms with Crippen LogP contribution in [-0.2, 0) is 16.9 Å². The normalized spacial score (nSPS) is 11.8. The van der Waals surface area contributed by atoms with E-state index in [-0.39, 0.29) is 10.5 Å². The number of fused-ring (bicyclic) bond motifs is 1. The van der Waals surface area contributed by atoms with Gasteiger partial charge in [0.1, 0.15) is 5.39 Å². The van der Waals surface area contributed by atoms with E-state index in [0.29, 0.717) is 28.1 Å². The zero-order valence-corrected chi connectivity index (χ0v) is 13.7. The Balaban J connectivity index is 2.23. The van der Waals surface area contributed by atoms with Gasteiger partial charge in [-0.05, 0) is 25.1 Å². The van der Waals surface area contributed by atoms with E-state index in [2.05, 4.69) is 15.4 Å². The minimum absolute atomic E-state index is 0.176. The van der Waals surface area contributed by atoms with Crippen molar-refractivity contribution in [2.24, 2.45) is 7.05 Å². The van der Waals surface area contributed by atoms with Crippen LogP contribution in [0.2, 0.25) is 0 Å². The maximum Gasteiger partial charge on any atom is 0.277 e. The molecule has 3 rings (SSSR count). The van der Waals surface area contributed by atoms with Gasteiger partial charge in [0.2, 0.25) is 0 Å². The molecule has 0 saturated heterocycles. The molecule has 23 heavy (non-hydrogen) atoms. The number of hydrogen-bond acceptors (Lipinski definition) is 5. The maximum absolute atomic E-state index is 12.3. The fourth-order valence-electron chi connectivity index (χ4n) is 2.48. The fourth-order valence-corrected chi connectivity index (χ4v) is 3.33. The highest BCUT2D eigenvalue weighted by Gasteiger charge is 2.16. The first kappa shape index (κ1) is 15.3. The van der Waals surface area contributed by atoms with E-state index in [1.54, 1.807) is 38.2 Å². The van der Waals surface area contributed by atoms with Crippen LogP contribution in [0.25, 0.3) is 11.0 Å². The summed E-state index contributed by atoms with van der Waals surface area (Å²) in [5.41, 5.74) is 1.87. The SMILES string of the molecule is Cc1cc(Nc2ccccc2S(C)(=O)=O)c2c(=O)n(C)[nH]c2n1. The van der Waals surface area contributed by atoms with E-state index in [9.17, 15) is 13.2 Å². The third-order valence-corrected chi connectivity index (χ3v) is 4.65. The van der Waals surface area contributed by atoms with Crippen molar-refractivity contribution in [3.63, 3.8) is 0 Å². The highest BCUT2D eigenvalue weighted by atomic mass is 32.2. The number of benzene rings is 1. The molecule has 120 valence electrons. The fraction of sp³-hybridized carbons (Fsp3) is 0.200. The summed E-state index contributed by atoms with van der Waals surface area (Å²) < 4.78 is 25.2. The van der Waals surface area contributed by atoms with Crippen molar-refractivity contribution in [2.45, 2.75) is 11.8 Å². The van der Waals surface area contributed by atoms with E-state index in [4.69, 9.17) is 0 Å². The number of nitrogens with zero attached hydrogens (tertiary/aromatic N) is 2. The number of pyridine rings is 1. The molecular weight excluding hydrogens is 316 g/mol. The second-order valence-electron chi connectivity index (χ2n) is 5.40. The summed E-state index contributed by atoms with van der Waals surface area (Å²) in [5, 5.41) is 6.33.